The van der Waals surface area contributed by atoms with Crippen LogP contribution in [0.25, 0.3) is 0 Å². The van der Waals surface area contributed by atoms with Gasteiger partial charge in [0.15, 0.2) is 0 Å². The Labute approximate surface area is 125 Å². The van der Waals surface area contributed by atoms with Crippen LogP contribution in [0.1, 0.15) is 26.0 Å². The first kappa shape index (κ1) is 15.9. The van der Waals surface area contributed by atoms with Gasteiger partial charge in [0.1, 0.15) is 0 Å². The number of nitrogens with zero attached hydrogens (tertiary/aromatic N) is 1. The predicted octanol–water partition coefficient (Wildman–Crippen LogP) is 1.31. The highest BCUT2D eigenvalue weighted by Gasteiger charge is 2.24. The van der Waals surface area contributed by atoms with Crippen molar-refractivity contribution in [1.82, 2.24) is 14.6 Å². The molecule has 7 heteroatoms. The summed E-state index contributed by atoms with van der Waals surface area (Å²) in [4.78, 5) is 0.359. The fourth-order valence-electron chi connectivity index (χ4n) is 2.12. The lowest BCUT2D eigenvalue weighted by Gasteiger charge is -2.10. The number of nitrogens with one attached hydrogen (secondary N) is 2. The molecule has 0 radical (unpaired) electrons. The lowest BCUT2D eigenvalue weighted by Crippen LogP contribution is -2.34. The van der Waals surface area contributed by atoms with Crippen LogP contribution < -0.4 is 10.0 Å². The minimum Gasteiger partial charge on any atom is -0.352 e. The number of rotatable bonds is 6. The van der Waals surface area contributed by atoms with E-state index in [2.05, 4.69) is 23.9 Å². The molecule has 1 aromatic heterocycles. The maximum atomic E-state index is 12.3. The van der Waals surface area contributed by atoms with Crippen LogP contribution in [-0.4, -0.2) is 36.6 Å². The fraction of sp³-hybridized carbons (Fsp3) is 0.692. The van der Waals surface area contributed by atoms with Gasteiger partial charge in [0.2, 0.25) is 10.0 Å². The minimum absolute atomic E-state index is 0.0717. The summed E-state index contributed by atoms with van der Waals surface area (Å²) in [6.45, 7) is 4.81. The zero-order chi connectivity index (χ0) is 14.8. The third-order valence-electron chi connectivity index (χ3n) is 3.34. The summed E-state index contributed by atoms with van der Waals surface area (Å²) >= 11 is 1.80. The highest BCUT2D eigenvalue weighted by Crippen LogP contribution is 2.20. The molecule has 0 bridgehead atoms. The smallest absolute Gasteiger partial charge is 0.242 e. The molecule has 1 fully saturated rings. The molecule has 0 aliphatic carbocycles. The van der Waals surface area contributed by atoms with Crippen molar-refractivity contribution in [3.05, 3.63) is 18.0 Å². The zero-order valence-electron chi connectivity index (χ0n) is 12.2. The van der Waals surface area contributed by atoms with Crippen molar-refractivity contribution >= 4 is 21.8 Å². The Morgan fingerprint density at radius 3 is 2.85 bits per heavy atom. The molecule has 114 valence electrons. The number of hydrogen-bond acceptors (Lipinski definition) is 4. The summed E-state index contributed by atoms with van der Waals surface area (Å²) in [5.74, 6) is 1.90. The molecule has 5 nitrogen and oxygen atoms in total. The molecule has 0 amide bonds. The molecule has 2 rings (SSSR count). The van der Waals surface area contributed by atoms with Gasteiger partial charge < -0.3 is 9.88 Å². The van der Waals surface area contributed by atoms with E-state index in [1.54, 1.807) is 24.0 Å². The number of aryl methyl sites for hydroxylation is 1. The van der Waals surface area contributed by atoms with Gasteiger partial charge in [-0.25, -0.2) is 13.1 Å². The van der Waals surface area contributed by atoms with Crippen molar-refractivity contribution in [1.29, 1.82) is 0 Å². The Kier molecular flexibility index (Phi) is 5.17. The first-order chi connectivity index (χ1) is 9.38. The Balaban J connectivity index is 2.09. The quantitative estimate of drug-likeness (QED) is 0.830. The van der Waals surface area contributed by atoms with E-state index in [-0.39, 0.29) is 6.04 Å². The summed E-state index contributed by atoms with van der Waals surface area (Å²) in [5.41, 5.74) is 0.972. The van der Waals surface area contributed by atoms with Gasteiger partial charge in [-0.15, -0.1) is 0 Å². The summed E-state index contributed by atoms with van der Waals surface area (Å²) in [6, 6.07) is 2.20. The largest absolute Gasteiger partial charge is 0.352 e. The Hall–Kier alpha value is -0.500. The lowest BCUT2D eigenvalue weighted by molar-refractivity contribution is 0.563. The van der Waals surface area contributed by atoms with Crippen LogP contribution in [0.2, 0.25) is 0 Å². The van der Waals surface area contributed by atoms with Crippen LogP contribution in [-0.2, 0) is 23.6 Å². The van der Waals surface area contributed by atoms with E-state index in [1.807, 2.05) is 11.6 Å². The number of thioether (sulfide) groups is 1. The van der Waals surface area contributed by atoms with E-state index in [4.69, 9.17) is 0 Å². The van der Waals surface area contributed by atoms with Gasteiger partial charge in [-0.1, -0.05) is 13.8 Å². The van der Waals surface area contributed by atoms with E-state index < -0.39 is 10.0 Å². The Bertz CT molecular complexity index is 546. The van der Waals surface area contributed by atoms with E-state index >= 15 is 0 Å². The molecule has 1 aliphatic rings. The predicted molar refractivity (Wildman–Crippen MR) is 83.4 cm³/mol. The molecule has 2 N–H and O–H groups in total. The summed E-state index contributed by atoms with van der Waals surface area (Å²) in [6.07, 6.45) is 2.60. The molecule has 2 heterocycles. The average Bonchev–Trinajstić information content (AvgIpc) is 2.96. The molecule has 0 saturated carbocycles. The van der Waals surface area contributed by atoms with Crippen molar-refractivity contribution in [2.75, 3.05) is 11.5 Å². The Morgan fingerprint density at radius 2 is 2.25 bits per heavy atom. The van der Waals surface area contributed by atoms with Crippen molar-refractivity contribution in [2.45, 2.75) is 43.8 Å². The van der Waals surface area contributed by atoms with E-state index in [0.717, 1.165) is 23.6 Å². The SMILES string of the molecule is CC(C)NCc1cc(S(=O)(=O)NC2CCSC2)cn1C. The maximum Gasteiger partial charge on any atom is 0.242 e. The van der Waals surface area contributed by atoms with Crippen LogP contribution >= 0.6 is 11.8 Å². The molecule has 1 unspecified atom stereocenters. The summed E-state index contributed by atoms with van der Waals surface area (Å²) < 4.78 is 29.3. The van der Waals surface area contributed by atoms with Crippen molar-refractivity contribution in [3.63, 3.8) is 0 Å². The topological polar surface area (TPSA) is 63.1 Å². The molecule has 1 saturated heterocycles. The van der Waals surface area contributed by atoms with Gasteiger partial charge in [0.05, 0.1) is 4.90 Å². The normalized spacial score (nSPS) is 19.9. The van der Waals surface area contributed by atoms with E-state index in [0.29, 0.717) is 17.5 Å². The first-order valence-corrected chi connectivity index (χ1v) is 9.51. The van der Waals surface area contributed by atoms with Gasteiger partial charge in [0, 0.05) is 43.3 Å². The second kappa shape index (κ2) is 6.51. The molecule has 0 aromatic carbocycles. The van der Waals surface area contributed by atoms with Crippen LogP contribution in [0.3, 0.4) is 0 Å². The molecule has 1 aliphatic heterocycles. The monoisotopic (exact) mass is 317 g/mol. The second-order valence-electron chi connectivity index (χ2n) is 5.50. The molecular formula is C13H23N3O2S2. The van der Waals surface area contributed by atoms with Crippen molar-refractivity contribution < 1.29 is 8.42 Å². The van der Waals surface area contributed by atoms with Gasteiger partial charge in [0.25, 0.3) is 0 Å². The maximum absolute atomic E-state index is 12.3. The second-order valence-corrected chi connectivity index (χ2v) is 8.36. The first-order valence-electron chi connectivity index (χ1n) is 6.87. The molecular weight excluding hydrogens is 294 g/mol. The van der Waals surface area contributed by atoms with Gasteiger partial charge in [-0.2, -0.15) is 11.8 Å². The van der Waals surface area contributed by atoms with E-state index in [1.165, 1.54) is 0 Å². The lowest BCUT2D eigenvalue weighted by atomic mass is 10.3. The highest BCUT2D eigenvalue weighted by molar-refractivity contribution is 7.99. The summed E-state index contributed by atoms with van der Waals surface area (Å²) in [5, 5.41) is 3.30. The molecule has 0 spiro atoms. The fourth-order valence-corrected chi connectivity index (χ4v) is 4.75. The number of aromatic nitrogens is 1. The zero-order valence-corrected chi connectivity index (χ0v) is 13.9. The van der Waals surface area contributed by atoms with Crippen LogP contribution in [0, 0.1) is 0 Å². The molecule has 1 aromatic rings. The van der Waals surface area contributed by atoms with Gasteiger partial charge in [-0.05, 0) is 18.2 Å². The standard InChI is InChI=1S/C13H23N3O2S2/c1-10(2)14-7-12-6-13(8-16(12)3)20(17,18)15-11-4-5-19-9-11/h6,8,10-11,14-15H,4-5,7,9H2,1-3H3. The molecule has 1 atom stereocenters. The van der Waals surface area contributed by atoms with Crippen molar-refractivity contribution in [3.8, 4) is 0 Å². The third-order valence-corrected chi connectivity index (χ3v) is 5.99. The van der Waals surface area contributed by atoms with Gasteiger partial charge >= 0.3 is 0 Å². The van der Waals surface area contributed by atoms with Gasteiger partial charge in [-0.3, -0.25) is 0 Å². The van der Waals surface area contributed by atoms with Crippen LogP contribution in [0.4, 0.5) is 0 Å². The minimum atomic E-state index is -3.40. The number of sulfonamides is 1. The average molecular weight is 317 g/mol. The van der Waals surface area contributed by atoms with E-state index in [9.17, 15) is 8.42 Å². The summed E-state index contributed by atoms with van der Waals surface area (Å²) in [7, 11) is -1.52. The molecule has 20 heavy (non-hydrogen) atoms. The van der Waals surface area contributed by atoms with Crippen molar-refractivity contribution in [2.24, 2.45) is 7.05 Å². The third kappa shape index (κ3) is 4.00. The highest BCUT2D eigenvalue weighted by atomic mass is 32.2. The Morgan fingerprint density at radius 1 is 1.50 bits per heavy atom. The number of hydrogen-bond donors (Lipinski definition) is 2. The van der Waals surface area contributed by atoms with Crippen LogP contribution in [0.15, 0.2) is 17.2 Å². The van der Waals surface area contributed by atoms with Crippen LogP contribution in [0.5, 0.6) is 0 Å².